The average molecular weight is 607 g/mol. The Morgan fingerprint density at radius 3 is 0.791 bits per heavy atom. The topological polar surface area (TPSA) is 63.4 Å². The van der Waals surface area contributed by atoms with Crippen molar-refractivity contribution in [1.29, 1.82) is 0 Å². The second kappa shape index (κ2) is 35.4. The molecule has 0 saturated heterocycles. The number of hydrogen-bond acceptors (Lipinski definition) is 2. The van der Waals surface area contributed by atoms with Gasteiger partial charge in [0.05, 0.1) is 0 Å². The van der Waals surface area contributed by atoms with E-state index in [0.29, 0.717) is 0 Å². The Bertz CT molecular complexity index is 544. The van der Waals surface area contributed by atoms with Crippen LogP contribution in [0.4, 0.5) is 0 Å². The smallest absolute Gasteiger partial charge is 0.231 e. The molecule has 0 aliphatic heterocycles. The van der Waals surface area contributed by atoms with Crippen molar-refractivity contribution in [2.24, 2.45) is 5.73 Å². The van der Waals surface area contributed by atoms with Crippen LogP contribution in [0.25, 0.3) is 0 Å². The molecule has 256 valence electrons. The summed E-state index contributed by atoms with van der Waals surface area (Å²) in [5.41, 5.74) is 5.33. The van der Waals surface area contributed by atoms with E-state index in [0.717, 1.165) is 25.9 Å². The molecule has 2 amide bonds. The van der Waals surface area contributed by atoms with Crippen LogP contribution in [-0.4, -0.2) is 29.8 Å². The fraction of sp³-hybridized carbons (Fsp3) is 0.949. The molecule has 43 heavy (non-hydrogen) atoms. The molecule has 0 spiro atoms. The molecular formula is C39H78N2O2. The highest BCUT2D eigenvalue weighted by Crippen LogP contribution is 2.16. The van der Waals surface area contributed by atoms with Crippen molar-refractivity contribution in [2.75, 3.05) is 13.1 Å². The lowest BCUT2D eigenvalue weighted by Crippen LogP contribution is -2.35. The fourth-order valence-corrected chi connectivity index (χ4v) is 6.32. The van der Waals surface area contributed by atoms with Crippen LogP contribution in [-0.2, 0) is 9.59 Å². The fourth-order valence-electron chi connectivity index (χ4n) is 6.32. The summed E-state index contributed by atoms with van der Waals surface area (Å²) < 4.78 is 0. The van der Waals surface area contributed by atoms with Crippen LogP contribution < -0.4 is 5.73 Å². The second-order valence-corrected chi connectivity index (χ2v) is 13.6. The van der Waals surface area contributed by atoms with E-state index >= 15 is 0 Å². The minimum absolute atomic E-state index is 0.0746. The van der Waals surface area contributed by atoms with Gasteiger partial charge in [-0.3, -0.25) is 9.59 Å². The normalized spacial score (nSPS) is 11.3. The van der Waals surface area contributed by atoms with E-state index in [4.69, 9.17) is 5.73 Å². The van der Waals surface area contributed by atoms with Gasteiger partial charge in [0.25, 0.3) is 0 Å². The molecule has 0 aromatic rings. The number of amides is 2. The van der Waals surface area contributed by atoms with E-state index in [1.54, 1.807) is 0 Å². The minimum atomic E-state index is -0.506. The van der Waals surface area contributed by atoms with Gasteiger partial charge in [-0.05, 0) is 12.8 Å². The molecule has 0 aliphatic rings. The van der Waals surface area contributed by atoms with E-state index in [-0.39, 0.29) is 12.3 Å². The molecule has 0 atom stereocenters. The van der Waals surface area contributed by atoms with Gasteiger partial charge in [0.1, 0.15) is 6.42 Å². The van der Waals surface area contributed by atoms with Crippen molar-refractivity contribution < 1.29 is 9.59 Å². The summed E-state index contributed by atoms with van der Waals surface area (Å²) in [5.74, 6) is -0.580. The Kier molecular flexibility index (Phi) is 34.5. The second-order valence-electron chi connectivity index (χ2n) is 13.6. The molecule has 0 aliphatic carbocycles. The van der Waals surface area contributed by atoms with Crippen LogP contribution in [0.15, 0.2) is 0 Å². The summed E-state index contributed by atoms with van der Waals surface area (Å²) in [6, 6.07) is 0. The van der Waals surface area contributed by atoms with E-state index in [1.807, 2.05) is 4.90 Å². The summed E-state index contributed by atoms with van der Waals surface area (Å²) >= 11 is 0. The number of hydrogen-bond donors (Lipinski definition) is 1. The Morgan fingerprint density at radius 1 is 0.372 bits per heavy atom. The lowest BCUT2D eigenvalue weighted by molar-refractivity contribution is -0.135. The Morgan fingerprint density at radius 2 is 0.581 bits per heavy atom. The predicted molar refractivity (Wildman–Crippen MR) is 189 cm³/mol. The molecular weight excluding hydrogens is 528 g/mol. The number of nitrogens with two attached hydrogens (primary N) is 1. The number of nitrogens with zero attached hydrogens (tertiary/aromatic N) is 1. The summed E-state index contributed by atoms with van der Waals surface area (Å²) in [5, 5.41) is 0. The van der Waals surface area contributed by atoms with Crippen LogP contribution in [0.3, 0.4) is 0 Å². The highest BCUT2D eigenvalue weighted by Gasteiger charge is 2.15. The van der Waals surface area contributed by atoms with Gasteiger partial charge in [-0.2, -0.15) is 0 Å². The molecule has 4 nitrogen and oxygen atoms in total. The van der Waals surface area contributed by atoms with E-state index in [2.05, 4.69) is 13.8 Å². The molecule has 0 aromatic heterocycles. The number of primary amides is 1. The number of rotatable bonds is 36. The first-order valence-electron chi connectivity index (χ1n) is 19.7. The van der Waals surface area contributed by atoms with Gasteiger partial charge in [0.15, 0.2) is 0 Å². The van der Waals surface area contributed by atoms with Gasteiger partial charge < -0.3 is 10.6 Å². The SMILES string of the molecule is CCCCCCCCCCCCCCCCCCN(CCCCCCCCCCCCCCCCCC)C(=O)CC(N)=O. The average Bonchev–Trinajstić information content (AvgIpc) is 2.99. The number of carbonyl (C=O) groups excluding carboxylic acids is 2. The summed E-state index contributed by atoms with van der Waals surface area (Å²) in [7, 11) is 0. The molecule has 0 bridgehead atoms. The number of carbonyl (C=O) groups is 2. The van der Waals surface area contributed by atoms with Gasteiger partial charge in [-0.1, -0.05) is 206 Å². The maximum atomic E-state index is 12.6. The van der Waals surface area contributed by atoms with Crippen molar-refractivity contribution in [3.8, 4) is 0 Å². The van der Waals surface area contributed by atoms with Crippen molar-refractivity contribution in [2.45, 2.75) is 226 Å². The Balaban J connectivity index is 3.68. The highest BCUT2D eigenvalue weighted by atomic mass is 16.2. The van der Waals surface area contributed by atoms with Gasteiger partial charge >= 0.3 is 0 Å². The van der Waals surface area contributed by atoms with E-state index in [1.165, 1.54) is 193 Å². The molecule has 0 fully saturated rings. The maximum absolute atomic E-state index is 12.6. The first-order valence-corrected chi connectivity index (χ1v) is 19.7. The van der Waals surface area contributed by atoms with Crippen molar-refractivity contribution in [3.05, 3.63) is 0 Å². The van der Waals surface area contributed by atoms with Crippen molar-refractivity contribution in [3.63, 3.8) is 0 Å². The summed E-state index contributed by atoms with van der Waals surface area (Å²) in [4.78, 5) is 25.8. The molecule has 0 unspecified atom stereocenters. The molecule has 0 rings (SSSR count). The Hall–Kier alpha value is -1.06. The third-order valence-corrected chi connectivity index (χ3v) is 9.24. The van der Waals surface area contributed by atoms with Crippen LogP contribution in [0.2, 0.25) is 0 Å². The Labute approximate surface area is 270 Å². The van der Waals surface area contributed by atoms with Crippen LogP contribution in [0.5, 0.6) is 0 Å². The zero-order valence-electron chi connectivity index (χ0n) is 29.6. The summed E-state index contributed by atoms with van der Waals surface area (Å²) in [6.07, 6.45) is 43.1. The lowest BCUT2D eigenvalue weighted by Gasteiger charge is -2.22. The van der Waals surface area contributed by atoms with Gasteiger partial charge in [-0.15, -0.1) is 0 Å². The molecule has 2 N–H and O–H groups in total. The first-order chi connectivity index (χ1) is 21.1. The quantitative estimate of drug-likeness (QED) is 0.0569. The van der Waals surface area contributed by atoms with Crippen molar-refractivity contribution >= 4 is 11.8 Å². The van der Waals surface area contributed by atoms with E-state index in [9.17, 15) is 9.59 Å². The lowest BCUT2D eigenvalue weighted by atomic mass is 10.0. The maximum Gasteiger partial charge on any atom is 0.231 e. The minimum Gasteiger partial charge on any atom is -0.369 e. The summed E-state index contributed by atoms with van der Waals surface area (Å²) in [6.45, 7) is 6.13. The van der Waals surface area contributed by atoms with Gasteiger partial charge in [0, 0.05) is 13.1 Å². The first kappa shape index (κ1) is 41.9. The predicted octanol–water partition coefficient (Wildman–Crippen LogP) is 12.2. The molecule has 0 saturated carbocycles. The van der Waals surface area contributed by atoms with Crippen LogP contribution in [0.1, 0.15) is 226 Å². The third-order valence-electron chi connectivity index (χ3n) is 9.24. The zero-order chi connectivity index (χ0) is 31.5. The van der Waals surface area contributed by atoms with Gasteiger partial charge in [-0.25, -0.2) is 0 Å². The molecule has 0 heterocycles. The van der Waals surface area contributed by atoms with Crippen molar-refractivity contribution in [1.82, 2.24) is 4.90 Å². The van der Waals surface area contributed by atoms with Crippen LogP contribution in [0, 0.1) is 0 Å². The molecule has 0 aromatic carbocycles. The standard InChI is InChI=1S/C39H78N2O2/c1-3-5-7-9-11-13-15-17-19-21-23-25-27-29-31-33-35-41(39(43)37-38(40)42)36-34-32-30-28-26-24-22-20-18-16-14-12-10-8-6-4-2/h3-37H2,1-2H3,(H2,40,42). The molecule has 4 heteroatoms. The highest BCUT2D eigenvalue weighted by molar-refractivity contribution is 5.96. The third kappa shape index (κ3) is 33.7. The van der Waals surface area contributed by atoms with Gasteiger partial charge in [0.2, 0.25) is 11.8 Å². The zero-order valence-corrected chi connectivity index (χ0v) is 29.6. The molecule has 0 radical (unpaired) electrons. The largest absolute Gasteiger partial charge is 0.369 e. The van der Waals surface area contributed by atoms with Crippen LogP contribution >= 0.6 is 0 Å². The van der Waals surface area contributed by atoms with E-state index < -0.39 is 5.91 Å². The number of unbranched alkanes of at least 4 members (excludes halogenated alkanes) is 30. The monoisotopic (exact) mass is 607 g/mol.